The number of carbonyl (C=O) groups excluding carboxylic acids is 1. The van der Waals surface area contributed by atoms with E-state index < -0.39 is 6.10 Å². The van der Waals surface area contributed by atoms with Crippen LogP contribution in [0.1, 0.15) is 33.1 Å². The summed E-state index contributed by atoms with van der Waals surface area (Å²) in [5.74, 6) is 0.306. The number of benzene rings is 1. The number of amides is 1. The van der Waals surface area contributed by atoms with E-state index in [9.17, 15) is 4.79 Å². The lowest BCUT2D eigenvalue weighted by molar-refractivity contribution is -0.130. The molecule has 1 aromatic rings. The Balaban J connectivity index is 1.99. The number of rotatable bonds is 5. The summed E-state index contributed by atoms with van der Waals surface area (Å²) in [6.07, 6.45) is 1.88. The summed E-state index contributed by atoms with van der Waals surface area (Å²) < 4.78 is 11.0. The van der Waals surface area contributed by atoms with Crippen LogP contribution < -0.4 is 10.1 Å². The van der Waals surface area contributed by atoms with Gasteiger partial charge in [-0.2, -0.15) is 0 Å². The van der Waals surface area contributed by atoms with Gasteiger partial charge in [-0.1, -0.05) is 30.1 Å². The van der Waals surface area contributed by atoms with Crippen molar-refractivity contribution < 1.29 is 14.3 Å². The molecular formula is C16H21Cl2NO3. The second-order valence-electron chi connectivity index (χ2n) is 5.57. The molecule has 1 fully saturated rings. The Kier molecular flexibility index (Phi) is 5.95. The minimum Gasteiger partial charge on any atom is -0.479 e. The molecule has 1 heterocycles. The fraction of sp³-hybridized carbons (Fsp3) is 0.562. The van der Waals surface area contributed by atoms with Gasteiger partial charge in [0.15, 0.2) is 6.10 Å². The summed E-state index contributed by atoms with van der Waals surface area (Å²) >= 11 is 11.9. The van der Waals surface area contributed by atoms with Crippen molar-refractivity contribution in [3.8, 4) is 5.75 Å². The van der Waals surface area contributed by atoms with Crippen LogP contribution >= 0.6 is 23.2 Å². The molecule has 122 valence electrons. The van der Waals surface area contributed by atoms with E-state index in [4.69, 9.17) is 32.7 Å². The molecule has 0 spiro atoms. The molecule has 0 unspecified atom stereocenters. The first-order valence-corrected chi connectivity index (χ1v) is 8.23. The second kappa shape index (κ2) is 7.53. The topological polar surface area (TPSA) is 47.6 Å². The molecule has 1 N–H and O–H groups in total. The van der Waals surface area contributed by atoms with Gasteiger partial charge < -0.3 is 14.8 Å². The average Bonchev–Trinajstić information content (AvgIpc) is 2.51. The summed E-state index contributed by atoms with van der Waals surface area (Å²) in [5, 5.41) is 4.04. The van der Waals surface area contributed by atoms with Crippen LogP contribution in [-0.2, 0) is 9.53 Å². The molecule has 0 saturated carbocycles. The number of ether oxygens (including phenoxy) is 2. The summed E-state index contributed by atoms with van der Waals surface area (Å²) in [7, 11) is 0. The van der Waals surface area contributed by atoms with Crippen molar-refractivity contribution in [3.05, 3.63) is 28.2 Å². The smallest absolute Gasteiger partial charge is 0.261 e. The molecule has 1 amide bonds. The average molecular weight is 346 g/mol. The Hall–Kier alpha value is -0.970. The number of hydrogen-bond acceptors (Lipinski definition) is 3. The summed E-state index contributed by atoms with van der Waals surface area (Å²) in [5.41, 5.74) is -0.198. The number of halogens is 2. The van der Waals surface area contributed by atoms with E-state index in [1.54, 1.807) is 25.1 Å². The summed E-state index contributed by atoms with van der Waals surface area (Å²) in [6, 6.07) is 4.94. The van der Waals surface area contributed by atoms with Gasteiger partial charge in [-0.25, -0.2) is 0 Å². The first kappa shape index (κ1) is 17.4. The Morgan fingerprint density at radius 1 is 1.41 bits per heavy atom. The van der Waals surface area contributed by atoms with Crippen LogP contribution in [0.15, 0.2) is 18.2 Å². The lowest BCUT2D eigenvalue weighted by Gasteiger charge is -2.38. The van der Waals surface area contributed by atoms with Gasteiger partial charge in [0, 0.05) is 23.8 Å². The standard InChI is InChI=1S/C16H21Cl2NO3/c1-3-16(6-8-21-9-7-16)19-15(20)11(2)22-14-5-4-12(17)10-13(14)18/h4-5,10-11H,3,6-9H2,1-2H3,(H,19,20)/t11-/m1/s1. The third kappa shape index (κ3) is 4.28. The second-order valence-corrected chi connectivity index (χ2v) is 6.41. The SMILES string of the molecule is CCC1(NC(=O)[C@@H](C)Oc2ccc(Cl)cc2Cl)CCOCC1. The van der Waals surface area contributed by atoms with Gasteiger partial charge in [0.2, 0.25) is 0 Å². The van der Waals surface area contributed by atoms with E-state index in [1.807, 2.05) is 0 Å². The normalized spacial score (nSPS) is 18.5. The molecule has 1 atom stereocenters. The van der Waals surface area contributed by atoms with Gasteiger partial charge in [-0.3, -0.25) is 4.79 Å². The molecule has 0 aliphatic carbocycles. The van der Waals surface area contributed by atoms with Gasteiger partial charge in [0.25, 0.3) is 5.91 Å². The zero-order valence-corrected chi connectivity index (χ0v) is 14.3. The van der Waals surface area contributed by atoms with Crippen molar-refractivity contribution in [2.24, 2.45) is 0 Å². The fourth-order valence-electron chi connectivity index (χ4n) is 2.51. The highest BCUT2D eigenvalue weighted by molar-refractivity contribution is 6.35. The van der Waals surface area contributed by atoms with Crippen molar-refractivity contribution in [2.75, 3.05) is 13.2 Å². The molecule has 1 aliphatic heterocycles. The van der Waals surface area contributed by atoms with Crippen molar-refractivity contribution in [3.63, 3.8) is 0 Å². The maximum Gasteiger partial charge on any atom is 0.261 e. The van der Waals surface area contributed by atoms with E-state index in [-0.39, 0.29) is 11.4 Å². The van der Waals surface area contributed by atoms with E-state index in [0.29, 0.717) is 29.0 Å². The van der Waals surface area contributed by atoms with Crippen LogP contribution in [0.5, 0.6) is 5.75 Å². The first-order valence-electron chi connectivity index (χ1n) is 7.47. The predicted octanol–water partition coefficient (Wildman–Crippen LogP) is 3.84. The van der Waals surface area contributed by atoms with Gasteiger partial charge in [0.1, 0.15) is 5.75 Å². The van der Waals surface area contributed by atoms with Crippen molar-refractivity contribution in [2.45, 2.75) is 44.8 Å². The highest BCUT2D eigenvalue weighted by Crippen LogP contribution is 2.29. The molecular weight excluding hydrogens is 325 g/mol. The lowest BCUT2D eigenvalue weighted by atomic mass is 9.87. The largest absolute Gasteiger partial charge is 0.479 e. The monoisotopic (exact) mass is 345 g/mol. The molecule has 2 rings (SSSR count). The number of nitrogens with one attached hydrogen (secondary N) is 1. The van der Waals surface area contributed by atoms with Crippen LogP contribution in [0.25, 0.3) is 0 Å². The van der Waals surface area contributed by atoms with Gasteiger partial charge in [-0.05, 0) is 44.4 Å². The van der Waals surface area contributed by atoms with Crippen LogP contribution in [0.3, 0.4) is 0 Å². The predicted molar refractivity (Wildman–Crippen MR) is 87.8 cm³/mol. The van der Waals surface area contributed by atoms with Gasteiger partial charge >= 0.3 is 0 Å². The maximum absolute atomic E-state index is 12.4. The first-order chi connectivity index (χ1) is 10.5. The Morgan fingerprint density at radius 3 is 2.68 bits per heavy atom. The number of carbonyl (C=O) groups is 1. The molecule has 4 nitrogen and oxygen atoms in total. The quantitative estimate of drug-likeness (QED) is 0.881. The van der Waals surface area contributed by atoms with Gasteiger partial charge in [-0.15, -0.1) is 0 Å². The van der Waals surface area contributed by atoms with Crippen LogP contribution in [0.4, 0.5) is 0 Å². The Bertz CT molecular complexity index is 530. The highest BCUT2D eigenvalue weighted by atomic mass is 35.5. The molecule has 0 bridgehead atoms. The van der Waals surface area contributed by atoms with Crippen molar-refractivity contribution in [1.29, 1.82) is 0 Å². The van der Waals surface area contributed by atoms with Crippen molar-refractivity contribution >= 4 is 29.1 Å². The molecule has 1 aromatic carbocycles. The lowest BCUT2D eigenvalue weighted by Crippen LogP contribution is -2.54. The zero-order valence-electron chi connectivity index (χ0n) is 12.8. The third-order valence-electron chi connectivity index (χ3n) is 4.08. The van der Waals surface area contributed by atoms with Crippen LogP contribution in [-0.4, -0.2) is 30.8 Å². The summed E-state index contributed by atoms with van der Waals surface area (Å²) in [4.78, 5) is 12.4. The molecule has 1 saturated heterocycles. The van der Waals surface area contributed by atoms with Crippen LogP contribution in [0.2, 0.25) is 10.0 Å². The van der Waals surface area contributed by atoms with Gasteiger partial charge in [0.05, 0.1) is 5.02 Å². The van der Waals surface area contributed by atoms with E-state index in [2.05, 4.69) is 12.2 Å². The van der Waals surface area contributed by atoms with Crippen molar-refractivity contribution in [1.82, 2.24) is 5.32 Å². The highest BCUT2D eigenvalue weighted by Gasteiger charge is 2.34. The minimum atomic E-state index is -0.634. The summed E-state index contributed by atoms with van der Waals surface area (Å²) in [6.45, 7) is 5.13. The third-order valence-corrected chi connectivity index (χ3v) is 4.61. The van der Waals surface area contributed by atoms with E-state index in [1.165, 1.54) is 0 Å². The zero-order chi connectivity index (χ0) is 16.2. The van der Waals surface area contributed by atoms with E-state index in [0.717, 1.165) is 19.3 Å². The Labute approximate surface area is 141 Å². The minimum absolute atomic E-state index is 0.144. The molecule has 6 heteroatoms. The van der Waals surface area contributed by atoms with Crippen LogP contribution in [0, 0.1) is 0 Å². The van der Waals surface area contributed by atoms with E-state index >= 15 is 0 Å². The molecule has 22 heavy (non-hydrogen) atoms. The Morgan fingerprint density at radius 2 is 2.09 bits per heavy atom. The fourth-order valence-corrected chi connectivity index (χ4v) is 2.96. The molecule has 0 radical (unpaired) electrons. The number of hydrogen-bond donors (Lipinski definition) is 1. The molecule has 0 aromatic heterocycles. The maximum atomic E-state index is 12.4. The molecule has 1 aliphatic rings.